The third-order valence-electron chi connectivity index (χ3n) is 8.16. The molecule has 296 valence electrons. The number of unbranched alkanes of at least 4 members (excludes halogenated alkanes) is 1. The summed E-state index contributed by atoms with van der Waals surface area (Å²) in [6.45, 7) is 6.91. The molecule has 0 fully saturated rings. The number of rotatable bonds is 19. The highest BCUT2D eigenvalue weighted by Crippen LogP contribution is 2.11. The van der Waals surface area contributed by atoms with Gasteiger partial charge in [-0.3, -0.25) is 14.4 Å². The first kappa shape index (κ1) is 43.5. The van der Waals surface area contributed by atoms with Crippen LogP contribution in [0.1, 0.15) is 63.6 Å². The number of methoxy groups -OCH3 is 1. The number of carbonyl (C=O) groups is 6. The van der Waals surface area contributed by atoms with Crippen LogP contribution in [0.2, 0.25) is 0 Å². The lowest BCUT2D eigenvalue weighted by molar-refractivity contribution is -0.145. The van der Waals surface area contributed by atoms with Crippen molar-refractivity contribution in [1.29, 1.82) is 0 Å². The van der Waals surface area contributed by atoms with Crippen LogP contribution in [-0.2, 0) is 52.8 Å². The first-order chi connectivity index (χ1) is 26.2. The predicted molar refractivity (Wildman–Crippen MR) is 205 cm³/mol. The number of hydrogen-bond acceptors (Lipinski definition) is 9. The Balaban J connectivity index is 1.64. The van der Waals surface area contributed by atoms with Crippen LogP contribution >= 0.6 is 0 Å². The van der Waals surface area contributed by atoms with Crippen LogP contribution in [0.3, 0.4) is 0 Å². The van der Waals surface area contributed by atoms with Crippen LogP contribution < -0.4 is 26.6 Å². The van der Waals surface area contributed by atoms with Crippen LogP contribution in [0.15, 0.2) is 91.0 Å². The molecule has 3 aromatic rings. The molecule has 3 aromatic carbocycles. The molecule has 0 aliphatic rings. The highest BCUT2D eigenvalue weighted by molar-refractivity contribution is 5.94. The van der Waals surface area contributed by atoms with Crippen LogP contribution in [-0.4, -0.2) is 79.3 Å². The van der Waals surface area contributed by atoms with Crippen molar-refractivity contribution >= 4 is 35.9 Å². The summed E-state index contributed by atoms with van der Waals surface area (Å²) in [5.74, 6) is -2.59. The van der Waals surface area contributed by atoms with E-state index in [4.69, 9.17) is 14.2 Å². The van der Waals surface area contributed by atoms with Gasteiger partial charge in [-0.15, -0.1) is 0 Å². The zero-order valence-corrected chi connectivity index (χ0v) is 32.1. The molecule has 0 aromatic heterocycles. The number of amides is 5. The van der Waals surface area contributed by atoms with E-state index in [1.807, 2.05) is 66.7 Å². The highest BCUT2D eigenvalue weighted by atomic mass is 16.6. The second-order valence-corrected chi connectivity index (χ2v) is 13.9. The van der Waals surface area contributed by atoms with Crippen molar-refractivity contribution in [3.8, 4) is 0 Å². The lowest BCUT2D eigenvalue weighted by atomic mass is 10.0. The maximum Gasteiger partial charge on any atom is 0.408 e. The summed E-state index contributed by atoms with van der Waals surface area (Å²) in [5, 5.41) is 13.3. The molecule has 0 radical (unpaired) electrons. The van der Waals surface area contributed by atoms with Gasteiger partial charge in [-0.1, -0.05) is 91.0 Å². The summed E-state index contributed by atoms with van der Waals surface area (Å²) >= 11 is 0. The van der Waals surface area contributed by atoms with Gasteiger partial charge in [0.1, 0.15) is 36.4 Å². The minimum Gasteiger partial charge on any atom is -0.467 e. The molecule has 0 saturated heterocycles. The topological polar surface area (TPSA) is 190 Å². The molecule has 0 spiro atoms. The van der Waals surface area contributed by atoms with Gasteiger partial charge < -0.3 is 40.8 Å². The molecule has 0 aliphatic heterocycles. The monoisotopic (exact) mass is 759 g/mol. The first-order valence-corrected chi connectivity index (χ1v) is 18.2. The van der Waals surface area contributed by atoms with Gasteiger partial charge in [0, 0.05) is 19.4 Å². The van der Waals surface area contributed by atoms with Gasteiger partial charge in [-0.2, -0.15) is 0 Å². The summed E-state index contributed by atoms with van der Waals surface area (Å²) in [6.07, 6.45) is -0.105. The molecule has 0 bridgehead atoms. The summed E-state index contributed by atoms with van der Waals surface area (Å²) in [7, 11) is 1.23. The fourth-order valence-electron chi connectivity index (χ4n) is 5.35. The molecule has 55 heavy (non-hydrogen) atoms. The lowest BCUT2D eigenvalue weighted by Gasteiger charge is -2.26. The number of alkyl carbamates (subject to hydrolysis) is 2. The number of ether oxygens (including phenoxy) is 3. The Labute approximate surface area is 322 Å². The molecule has 0 aliphatic carbocycles. The Morgan fingerprint density at radius 2 is 1.11 bits per heavy atom. The maximum atomic E-state index is 13.7. The molecular formula is C41H53N5O9. The van der Waals surface area contributed by atoms with Gasteiger partial charge in [-0.25, -0.2) is 14.4 Å². The van der Waals surface area contributed by atoms with E-state index in [1.165, 1.54) is 14.0 Å². The Hall–Kier alpha value is -5.92. The SMILES string of the molecule is COC(=O)[C@H](Cc1ccccc1)NC(=O)[C@@H](Cc1ccccc1)NC(=O)[C@H](C)NC(=O)[C@@H](CCCCNC(=O)OCc1ccccc1)NC(=O)OC(C)(C)C. The van der Waals surface area contributed by atoms with Crippen molar-refractivity contribution in [2.45, 2.75) is 96.2 Å². The molecule has 5 amide bonds. The van der Waals surface area contributed by atoms with E-state index in [9.17, 15) is 28.8 Å². The predicted octanol–water partition coefficient (Wildman–Crippen LogP) is 4.11. The number of benzene rings is 3. The molecule has 14 nitrogen and oxygen atoms in total. The average Bonchev–Trinajstić information content (AvgIpc) is 3.16. The van der Waals surface area contributed by atoms with Gasteiger partial charge in [0.25, 0.3) is 0 Å². The normalized spacial score (nSPS) is 13.1. The van der Waals surface area contributed by atoms with Crippen LogP contribution in [0.25, 0.3) is 0 Å². The molecule has 5 N–H and O–H groups in total. The maximum absolute atomic E-state index is 13.7. The summed E-state index contributed by atoms with van der Waals surface area (Å²) in [6, 6.07) is 23.0. The van der Waals surface area contributed by atoms with Crippen LogP contribution in [0.5, 0.6) is 0 Å². The Morgan fingerprint density at radius 3 is 1.65 bits per heavy atom. The quantitative estimate of drug-likeness (QED) is 0.0681. The van der Waals surface area contributed by atoms with E-state index in [0.29, 0.717) is 12.8 Å². The Kier molecular flexibility index (Phi) is 17.7. The standard InChI is InChI=1S/C41H53N5O9/c1-28(35(47)44-33(25-29-17-9-6-10-18-29)37(49)45-34(38(50)53-5)26-30-19-11-7-12-20-30)43-36(48)32(46-40(52)55-41(2,3)4)23-15-16-24-42-39(51)54-27-31-21-13-8-14-22-31/h6-14,17-22,28,32-34H,15-16,23-27H2,1-5H3,(H,42,51)(H,43,48)(H,44,47)(H,45,49)(H,46,52)/t28-,32+,33+,34-/m0/s1. The Bertz CT molecular complexity index is 1680. The van der Waals surface area contributed by atoms with E-state index in [-0.39, 0.29) is 32.4 Å². The minimum atomic E-state index is -1.14. The average molecular weight is 760 g/mol. The smallest absolute Gasteiger partial charge is 0.408 e. The van der Waals surface area contributed by atoms with Gasteiger partial charge in [0.2, 0.25) is 17.7 Å². The summed E-state index contributed by atoms with van der Waals surface area (Å²) in [5.41, 5.74) is 1.57. The van der Waals surface area contributed by atoms with Gasteiger partial charge in [0.05, 0.1) is 7.11 Å². The minimum absolute atomic E-state index is 0.0922. The Morgan fingerprint density at radius 1 is 0.600 bits per heavy atom. The van der Waals surface area contributed by atoms with Crippen molar-refractivity contribution in [2.24, 2.45) is 0 Å². The van der Waals surface area contributed by atoms with Crippen molar-refractivity contribution in [3.05, 3.63) is 108 Å². The van der Waals surface area contributed by atoms with Crippen molar-refractivity contribution in [1.82, 2.24) is 26.6 Å². The van der Waals surface area contributed by atoms with Crippen LogP contribution in [0, 0.1) is 0 Å². The third kappa shape index (κ3) is 16.7. The van der Waals surface area contributed by atoms with Crippen molar-refractivity contribution < 1.29 is 43.0 Å². The first-order valence-electron chi connectivity index (χ1n) is 18.2. The van der Waals surface area contributed by atoms with E-state index in [2.05, 4.69) is 26.6 Å². The van der Waals surface area contributed by atoms with Crippen LogP contribution in [0.4, 0.5) is 9.59 Å². The summed E-state index contributed by atoms with van der Waals surface area (Å²) < 4.78 is 15.5. The zero-order chi connectivity index (χ0) is 40.2. The second-order valence-electron chi connectivity index (χ2n) is 13.9. The second kappa shape index (κ2) is 22.3. The molecule has 0 unspecified atom stereocenters. The number of carbonyl (C=O) groups excluding carboxylic acids is 6. The fourth-order valence-corrected chi connectivity index (χ4v) is 5.35. The third-order valence-corrected chi connectivity index (χ3v) is 8.16. The lowest BCUT2D eigenvalue weighted by Crippen LogP contribution is -2.57. The molecule has 0 heterocycles. The molecule has 4 atom stereocenters. The van der Waals surface area contributed by atoms with E-state index >= 15 is 0 Å². The zero-order valence-electron chi connectivity index (χ0n) is 32.1. The van der Waals surface area contributed by atoms with Gasteiger partial charge in [-0.05, 0) is 63.6 Å². The van der Waals surface area contributed by atoms with Gasteiger partial charge >= 0.3 is 18.2 Å². The largest absolute Gasteiger partial charge is 0.467 e. The van der Waals surface area contributed by atoms with E-state index in [0.717, 1.165) is 16.7 Å². The molecule has 0 saturated carbocycles. The van der Waals surface area contributed by atoms with Crippen molar-refractivity contribution in [2.75, 3.05) is 13.7 Å². The molecule has 3 rings (SSSR count). The molecule has 14 heteroatoms. The van der Waals surface area contributed by atoms with E-state index < -0.39 is 65.6 Å². The number of nitrogens with one attached hydrogen (secondary N) is 5. The molecular weight excluding hydrogens is 706 g/mol. The highest BCUT2D eigenvalue weighted by Gasteiger charge is 2.31. The van der Waals surface area contributed by atoms with Gasteiger partial charge in [0.15, 0.2) is 0 Å². The number of esters is 1. The fraction of sp³-hybridized carbons (Fsp3) is 0.415. The van der Waals surface area contributed by atoms with Crippen molar-refractivity contribution in [3.63, 3.8) is 0 Å². The van der Waals surface area contributed by atoms with E-state index in [1.54, 1.807) is 45.0 Å². The number of hydrogen-bond donors (Lipinski definition) is 5. The summed E-state index contributed by atoms with van der Waals surface area (Å²) in [4.78, 5) is 78.2.